The van der Waals surface area contributed by atoms with Gasteiger partial charge in [0.25, 0.3) is 5.91 Å². The van der Waals surface area contributed by atoms with Gasteiger partial charge in [0.05, 0.1) is 11.3 Å². The average molecular weight is 370 g/mol. The molecular formula is C20H20ClN3O2. The fourth-order valence-electron chi connectivity index (χ4n) is 2.57. The van der Waals surface area contributed by atoms with Gasteiger partial charge in [0.1, 0.15) is 5.75 Å². The van der Waals surface area contributed by atoms with Crippen LogP contribution in [0, 0.1) is 0 Å². The second-order valence-electron chi connectivity index (χ2n) is 5.91. The van der Waals surface area contributed by atoms with Crippen molar-refractivity contribution in [3.63, 3.8) is 0 Å². The molecule has 26 heavy (non-hydrogen) atoms. The van der Waals surface area contributed by atoms with Crippen molar-refractivity contribution in [2.75, 3.05) is 0 Å². The van der Waals surface area contributed by atoms with Crippen molar-refractivity contribution in [3.05, 3.63) is 83.4 Å². The lowest BCUT2D eigenvalue weighted by molar-refractivity contribution is -0.127. The van der Waals surface area contributed by atoms with Crippen molar-refractivity contribution in [1.29, 1.82) is 0 Å². The largest absolute Gasteiger partial charge is 0.479 e. The molecule has 0 fully saturated rings. The lowest BCUT2D eigenvalue weighted by Crippen LogP contribution is -2.36. The van der Waals surface area contributed by atoms with Crippen molar-refractivity contribution in [2.45, 2.75) is 26.1 Å². The van der Waals surface area contributed by atoms with Crippen molar-refractivity contribution in [3.8, 4) is 5.75 Å². The molecule has 134 valence electrons. The summed E-state index contributed by atoms with van der Waals surface area (Å²) >= 11 is 6.07. The van der Waals surface area contributed by atoms with Gasteiger partial charge < -0.3 is 14.6 Å². The molecule has 3 aromatic rings. The third-order valence-corrected chi connectivity index (χ3v) is 4.31. The van der Waals surface area contributed by atoms with Gasteiger partial charge in [-0.1, -0.05) is 48.0 Å². The predicted octanol–water partition coefficient (Wildman–Crippen LogP) is 3.67. The summed E-state index contributed by atoms with van der Waals surface area (Å²) in [5.74, 6) is 0.305. The fourth-order valence-corrected chi connectivity index (χ4v) is 2.75. The molecule has 1 heterocycles. The molecule has 1 amide bonds. The van der Waals surface area contributed by atoms with Gasteiger partial charge in [-0.2, -0.15) is 0 Å². The molecule has 0 aliphatic carbocycles. The molecule has 0 radical (unpaired) electrons. The summed E-state index contributed by atoms with van der Waals surface area (Å²) in [5.41, 5.74) is 2.19. The number of hydrogen-bond acceptors (Lipinski definition) is 3. The molecule has 2 aromatic carbocycles. The summed E-state index contributed by atoms with van der Waals surface area (Å²) in [6, 6.07) is 15.1. The van der Waals surface area contributed by atoms with Gasteiger partial charge >= 0.3 is 0 Å². The third-order valence-electron chi connectivity index (χ3n) is 3.99. The number of benzene rings is 2. The Morgan fingerprint density at radius 1 is 1.19 bits per heavy atom. The van der Waals surface area contributed by atoms with Crippen LogP contribution in [-0.4, -0.2) is 21.6 Å². The van der Waals surface area contributed by atoms with Crippen molar-refractivity contribution < 1.29 is 9.53 Å². The molecule has 3 rings (SSSR count). The topological polar surface area (TPSA) is 56.1 Å². The Morgan fingerprint density at radius 3 is 2.65 bits per heavy atom. The SMILES string of the molecule is C[C@H](Oc1ccccc1Cl)C(=O)NCc1ccccc1Cn1ccnc1. The number of para-hydroxylation sites is 1. The number of carbonyl (C=O) groups excluding carboxylic acids is 1. The summed E-state index contributed by atoms with van der Waals surface area (Å²) in [6.45, 7) is 2.84. The van der Waals surface area contributed by atoms with Gasteiger partial charge in [0.2, 0.25) is 0 Å². The second kappa shape index (κ2) is 8.54. The van der Waals surface area contributed by atoms with Crippen LogP contribution in [0.1, 0.15) is 18.1 Å². The lowest BCUT2D eigenvalue weighted by atomic mass is 10.1. The standard InChI is InChI=1S/C20H20ClN3O2/c1-15(26-19-9-5-4-8-18(19)21)20(25)23-12-16-6-2-3-7-17(16)13-24-11-10-22-14-24/h2-11,14-15H,12-13H2,1H3,(H,23,25)/t15-/m0/s1. The zero-order valence-corrected chi connectivity index (χ0v) is 15.2. The Morgan fingerprint density at radius 2 is 1.92 bits per heavy atom. The van der Waals surface area contributed by atoms with Gasteiger partial charge in [-0.3, -0.25) is 4.79 Å². The first kappa shape index (κ1) is 18.0. The van der Waals surface area contributed by atoms with Crippen LogP contribution < -0.4 is 10.1 Å². The average Bonchev–Trinajstić information content (AvgIpc) is 3.15. The Bertz CT molecular complexity index is 865. The molecule has 0 unspecified atom stereocenters. The smallest absolute Gasteiger partial charge is 0.261 e. The van der Waals surface area contributed by atoms with E-state index in [0.29, 0.717) is 23.9 Å². The molecular weight excluding hydrogens is 350 g/mol. The maximum atomic E-state index is 12.4. The maximum absolute atomic E-state index is 12.4. The van der Waals surface area contributed by atoms with Crippen LogP contribution in [0.15, 0.2) is 67.3 Å². The van der Waals surface area contributed by atoms with E-state index in [0.717, 1.165) is 11.1 Å². The Hall–Kier alpha value is -2.79. The Labute approximate surface area is 157 Å². The predicted molar refractivity (Wildman–Crippen MR) is 101 cm³/mol. The maximum Gasteiger partial charge on any atom is 0.261 e. The minimum atomic E-state index is -0.643. The summed E-state index contributed by atoms with van der Waals surface area (Å²) in [6.07, 6.45) is 4.79. The zero-order chi connectivity index (χ0) is 18.4. The number of amides is 1. The first-order chi connectivity index (χ1) is 12.6. The monoisotopic (exact) mass is 369 g/mol. The van der Waals surface area contributed by atoms with E-state index in [9.17, 15) is 4.79 Å². The molecule has 6 heteroatoms. The molecule has 1 N–H and O–H groups in total. The van der Waals surface area contributed by atoms with E-state index in [1.807, 2.05) is 47.2 Å². The van der Waals surface area contributed by atoms with E-state index < -0.39 is 6.10 Å². The first-order valence-electron chi connectivity index (χ1n) is 8.35. The summed E-state index contributed by atoms with van der Waals surface area (Å²) in [7, 11) is 0. The number of nitrogens with zero attached hydrogens (tertiary/aromatic N) is 2. The van der Waals surface area contributed by atoms with E-state index in [1.54, 1.807) is 31.6 Å². The number of rotatable bonds is 7. The number of carbonyl (C=O) groups is 1. The highest BCUT2D eigenvalue weighted by Crippen LogP contribution is 2.24. The highest BCUT2D eigenvalue weighted by Gasteiger charge is 2.16. The van der Waals surface area contributed by atoms with E-state index >= 15 is 0 Å². The van der Waals surface area contributed by atoms with Crippen LogP contribution in [0.25, 0.3) is 0 Å². The minimum absolute atomic E-state index is 0.192. The lowest BCUT2D eigenvalue weighted by Gasteiger charge is -2.16. The fraction of sp³-hybridized carbons (Fsp3) is 0.200. The molecule has 0 bridgehead atoms. The molecule has 0 saturated carbocycles. The highest BCUT2D eigenvalue weighted by atomic mass is 35.5. The van der Waals surface area contributed by atoms with E-state index in [1.165, 1.54) is 0 Å². The number of imidazole rings is 1. The number of nitrogens with one attached hydrogen (secondary N) is 1. The van der Waals surface area contributed by atoms with Crippen LogP contribution in [0.3, 0.4) is 0 Å². The van der Waals surface area contributed by atoms with Gasteiger partial charge in [-0.05, 0) is 30.2 Å². The number of aromatic nitrogens is 2. The van der Waals surface area contributed by atoms with Crippen molar-refractivity contribution in [1.82, 2.24) is 14.9 Å². The van der Waals surface area contributed by atoms with Crippen LogP contribution >= 0.6 is 11.6 Å². The molecule has 0 spiro atoms. The van der Waals surface area contributed by atoms with Crippen LogP contribution in [0.4, 0.5) is 0 Å². The molecule has 0 saturated heterocycles. The van der Waals surface area contributed by atoms with Crippen LogP contribution in [-0.2, 0) is 17.9 Å². The summed E-state index contributed by atoms with van der Waals surface area (Å²) in [5, 5.41) is 3.41. The van der Waals surface area contributed by atoms with Crippen LogP contribution in [0.2, 0.25) is 5.02 Å². The number of hydrogen-bond donors (Lipinski definition) is 1. The molecule has 5 nitrogen and oxygen atoms in total. The first-order valence-corrected chi connectivity index (χ1v) is 8.72. The number of ether oxygens (including phenoxy) is 1. The Balaban J connectivity index is 1.60. The second-order valence-corrected chi connectivity index (χ2v) is 6.32. The quantitative estimate of drug-likeness (QED) is 0.691. The Kier molecular flexibility index (Phi) is 5.92. The normalized spacial score (nSPS) is 11.8. The van der Waals surface area contributed by atoms with E-state index in [-0.39, 0.29) is 5.91 Å². The third kappa shape index (κ3) is 4.64. The van der Waals surface area contributed by atoms with Gasteiger partial charge in [0, 0.05) is 25.5 Å². The molecule has 1 atom stereocenters. The van der Waals surface area contributed by atoms with Gasteiger partial charge in [0.15, 0.2) is 6.10 Å². The molecule has 0 aliphatic rings. The van der Waals surface area contributed by atoms with Crippen LogP contribution in [0.5, 0.6) is 5.75 Å². The van der Waals surface area contributed by atoms with E-state index in [2.05, 4.69) is 10.3 Å². The molecule has 1 aromatic heterocycles. The highest BCUT2D eigenvalue weighted by molar-refractivity contribution is 6.32. The van der Waals surface area contributed by atoms with E-state index in [4.69, 9.17) is 16.3 Å². The van der Waals surface area contributed by atoms with Crippen molar-refractivity contribution in [2.24, 2.45) is 0 Å². The summed E-state index contributed by atoms with van der Waals surface area (Å²) < 4.78 is 7.64. The van der Waals surface area contributed by atoms with Crippen molar-refractivity contribution >= 4 is 17.5 Å². The summed E-state index contributed by atoms with van der Waals surface area (Å²) in [4.78, 5) is 16.4. The zero-order valence-electron chi connectivity index (χ0n) is 14.4. The minimum Gasteiger partial charge on any atom is -0.479 e. The van der Waals surface area contributed by atoms with Gasteiger partial charge in [-0.25, -0.2) is 4.98 Å². The number of halogens is 1. The van der Waals surface area contributed by atoms with Gasteiger partial charge in [-0.15, -0.1) is 0 Å². The molecule has 0 aliphatic heterocycles.